The molecule has 1 amide bonds. The molecule has 3 rings (SSSR count). The minimum Gasteiger partial charge on any atom is -0.456 e. The zero-order valence-corrected chi connectivity index (χ0v) is 16.5. The number of nitrogens with one attached hydrogen (secondary N) is 1. The predicted molar refractivity (Wildman–Crippen MR) is 108 cm³/mol. The number of benzene rings is 1. The number of nitrogens with zero attached hydrogens (tertiary/aromatic N) is 2. The number of thiophene rings is 1. The van der Waals surface area contributed by atoms with Gasteiger partial charge in [0.25, 0.3) is 11.5 Å². The maximum absolute atomic E-state index is 12.7. The van der Waals surface area contributed by atoms with E-state index in [1.54, 1.807) is 30.0 Å². The van der Waals surface area contributed by atoms with E-state index in [-0.39, 0.29) is 17.7 Å². The molecule has 2 heterocycles. The Balaban J connectivity index is 1.61. The third kappa shape index (κ3) is 4.40. The first-order chi connectivity index (χ1) is 13.5. The van der Waals surface area contributed by atoms with Gasteiger partial charge >= 0.3 is 5.97 Å². The summed E-state index contributed by atoms with van der Waals surface area (Å²) in [6, 6.07) is 11.1. The second-order valence-electron chi connectivity index (χ2n) is 6.28. The molecular weight excluding hydrogens is 378 g/mol. The number of rotatable bonds is 7. The average molecular weight is 399 g/mol. The number of amides is 1. The van der Waals surface area contributed by atoms with Crippen LogP contribution in [0.2, 0.25) is 0 Å². The van der Waals surface area contributed by atoms with E-state index in [0.717, 1.165) is 5.56 Å². The van der Waals surface area contributed by atoms with Crippen LogP contribution in [-0.2, 0) is 27.8 Å². The third-order valence-electron chi connectivity index (χ3n) is 4.38. The van der Waals surface area contributed by atoms with Crippen LogP contribution >= 0.6 is 11.3 Å². The Labute approximate surface area is 166 Å². The number of aromatic nitrogens is 2. The molecular formula is C20H21N3O4S. The van der Waals surface area contributed by atoms with Gasteiger partial charge in [-0.25, -0.2) is 4.68 Å². The van der Waals surface area contributed by atoms with Crippen LogP contribution in [0.25, 0.3) is 5.69 Å². The van der Waals surface area contributed by atoms with E-state index in [9.17, 15) is 14.4 Å². The van der Waals surface area contributed by atoms with Gasteiger partial charge in [0.1, 0.15) is 5.69 Å². The molecule has 146 valence electrons. The molecule has 8 heteroatoms. The van der Waals surface area contributed by atoms with Gasteiger partial charge in [0.15, 0.2) is 6.61 Å². The average Bonchev–Trinajstić information content (AvgIpc) is 3.29. The zero-order valence-electron chi connectivity index (χ0n) is 15.7. The Hall–Kier alpha value is -3.13. The highest BCUT2D eigenvalue weighted by molar-refractivity contribution is 7.07. The molecule has 1 N–H and O–H groups in total. The fraction of sp³-hybridized carbons (Fsp3) is 0.250. The molecule has 1 aromatic carbocycles. The second-order valence-corrected chi connectivity index (χ2v) is 7.06. The minimum absolute atomic E-state index is 0.172. The van der Waals surface area contributed by atoms with Crippen molar-refractivity contribution in [3.05, 3.63) is 68.8 Å². The monoisotopic (exact) mass is 399 g/mol. The quantitative estimate of drug-likeness (QED) is 0.619. The number of anilines is 1. The number of carbonyl (C=O) groups is 2. The summed E-state index contributed by atoms with van der Waals surface area (Å²) in [7, 11) is 1.74. The van der Waals surface area contributed by atoms with Crippen molar-refractivity contribution in [2.24, 2.45) is 7.05 Å². The molecule has 0 aliphatic rings. The molecule has 0 aliphatic heterocycles. The van der Waals surface area contributed by atoms with Crippen LogP contribution in [0.1, 0.15) is 17.7 Å². The Kier molecular flexibility index (Phi) is 6.10. The van der Waals surface area contributed by atoms with Gasteiger partial charge < -0.3 is 10.1 Å². The smallest absolute Gasteiger partial charge is 0.306 e. The molecule has 0 atom stereocenters. The van der Waals surface area contributed by atoms with E-state index in [1.807, 2.05) is 47.2 Å². The number of aryl methyl sites for hydroxylation is 1. The van der Waals surface area contributed by atoms with E-state index < -0.39 is 18.5 Å². The topological polar surface area (TPSA) is 82.3 Å². The summed E-state index contributed by atoms with van der Waals surface area (Å²) in [5, 5.41) is 6.48. The number of ether oxygens (including phenoxy) is 1. The first-order valence-corrected chi connectivity index (χ1v) is 9.72. The summed E-state index contributed by atoms with van der Waals surface area (Å²) >= 11 is 1.57. The van der Waals surface area contributed by atoms with Crippen molar-refractivity contribution in [2.45, 2.75) is 19.8 Å². The van der Waals surface area contributed by atoms with E-state index in [1.165, 1.54) is 4.68 Å². The fourth-order valence-corrected chi connectivity index (χ4v) is 3.49. The highest BCUT2D eigenvalue weighted by atomic mass is 32.1. The maximum Gasteiger partial charge on any atom is 0.306 e. The molecule has 0 fully saturated rings. The number of hydrogen-bond acceptors (Lipinski definition) is 5. The van der Waals surface area contributed by atoms with Gasteiger partial charge in [0.2, 0.25) is 0 Å². The SMILES string of the molecule is Cc1c(NC(=O)COC(=O)CCc2ccsc2)c(=O)n(-c2ccccc2)n1C. The number of para-hydroxylation sites is 1. The predicted octanol–water partition coefficient (Wildman–Crippen LogP) is 2.66. The molecule has 0 saturated carbocycles. The van der Waals surface area contributed by atoms with Gasteiger partial charge in [-0.1, -0.05) is 18.2 Å². The van der Waals surface area contributed by atoms with Crippen LogP contribution < -0.4 is 10.9 Å². The van der Waals surface area contributed by atoms with Crippen molar-refractivity contribution in [3.63, 3.8) is 0 Å². The van der Waals surface area contributed by atoms with E-state index in [2.05, 4.69) is 5.32 Å². The molecule has 0 unspecified atom stereocenters. The lowest BCUT2D eigenvalue weighted by Crippen LogP contribution is -2.25. The molecule has 0 aliphatic carbocycles. The van der Waals surface area contributed by atoms with Crippen molar-refractivity contribution >= 4 is 28.9 Å². The Morgan fingerprint density at radius 1 is 1.18 bits per heavy atom. The van der Waals surface area contributed by atoms with Gasteiger partial charge in [-0.3, -0.25) is 19.1 Å². The standard InChI is InChI=1S/C20H21N3O4S/c1-14-19(20(26)23(22(14)2)16-6-4-3-5-7-16)21-17(24)12-27-18(25)9-8-15-10-11-28-13-15/h3-7,10-11,13H,8-9,12H2,1-2H3,(H,21,24). The zero-order chi connectivity index (χ0) is 20.1. The Morgan fingerprint density at radius 3 is 2.61 bits per heavy atom. The van der Waals surface area contributed by atoms with E-state index in [4.69, 9.17) is 4.74 Å². The van der Waals surface area contributed by atoms with Crippen molar-refractivity contribution in [2.75, 3.05) is 11.9 Å². The van der Waals surface area contributed by atoms with Crippen LogP contribution in [0.15, 0.2) is 52.0 Å². The first-order valence-electron chi connectivity index (χ1n) is 8.78. The van der Waals surface area contributed by atoms with Crippen LogP contribution in [0, 0.1) is 6.92 Å². The van der Waals surface area contributed by atoms with Gasteiger partial charge in [-0.05, 0) is 47.9 Å². The van der Waals surface area contributed by atoms with Crippen molar-refractivity contribution < 1.29 is 14.3 Å². The van der Waals surface area contributed by atoms with Crippen LogP contribution in [0.3, 0.4) is 0 Å². The molecule has 3 aromatic rings. The van der Waals surface area contributed by atoms with Crippen molar-refractivity contribution in [1.82, 2.24) is 9.36 Å². The number of hydrogen-bond donors (Lipinski definition) is 1. The summed E-state index contributed by atoms with van der Waals surface area (Å²) in [6.07, 6.45) is 0.777. The van der Waals surface area contributed by atoms with Crippen LogP contribution in [0.5, 0.6) is 0 Å². The van der Waals surface area contributed by atoms with Crippen LogP contribution in [0.4, 0.5) is 5.69 Å². The molecule has 0 bridgehead atoms. The minimum atomic E-state index is -0.546. The Morgan fingerprint density at radius 2 is 1.93 bits per heavy atom. The fourth-order valence-electron chi connectivity index (χ4n) is 2.79. The molecule has 2 aromatic heterocycles. The van der Waals surface area contributed by atoms with E-state index in [0.29, 0.717) is 17.8 Å². The highest BCUT2D eigenvalue weighted by Crippen LogP contribution is 2.14. The lowest BCUT2D eigenvalue weighted by atomic mass is 10.2. The number of carbonyl (C=O) groups excluding carboxylic acids is 2. The largest absolute Gasteiger partial charge is 0.456 e. The summed E-state index contributed by atoms with van der Waals surface area (Å²) in [6.45, 7) is 1.31. The van der Waals surface area contributed by atoms with Gasteiger partial charge in [0, 0.05) is 13.5 Å². The Bertz CT molecular complexity index is 1020. The highest BCUT2D eigenvalue weighted by Gasteiger charge is 2.18. The molecule has 0 spiro atoms. The van der Waals surface area contributed by atoms with Gasteiger partial charge in [-0.2, -0.15) is 11.3 Å². The van der Waals surface area contributed by atoms with Crippen LogP contribution in [-0.4, -0.2) is 27.8 Å². The third-order valence-corrected chi connectivity index (χ3v) is 5.11. The van der Waals surface area contributed by atoms with Gasteiger partial charge in [-0.15, -0.1) is 0 Å². The summed E-state index contributed by atoms with van der Waals surface area (Å²) < 4.78 is 8.15. The second kappa shape index (κ2) is 8.71. The summed E-state index contributed by atoms with van der Waals surface area (Å²) in [4.78, 5) is 36.7. The molecule has 0 radical (unpaired) electrons. The molecule has 0 saturated heterocycles. The van der Waals surface area contributed by atoms with Crippen molar-refractivity contribution in [3.8, 4) is 5.69 Å². The normalized spacial score (nSPS) is 10.6. The lowest BCUT2D eigenvalue weighted by molar-refractivity contribution is -0.147. The van der Waals surface area contributed by atoms with Crippen molar-refractivity contribution in [1.29, 1.82) is 0 Å². The maximum atomic E-state index is 12.7. The molecule has 7 nitrogen and oxygen atoms in total. The van der Waals surface area contributed by atoms with Gasteiger partial charge in [0.05, 0.1) is 11.4 Å². The first kappa shape index (κ1) is 19.6. The molecule has 28 heavy (non-hydrogen) atoms. The lowest BCUT2D eigenvalue weighted by Gasteiger charge is -2.07. The number of esters is 1. The summed E-state index contributed by atoms with van der Waals surface area (Å²) in [5.74, 6) is -0.997. The summed E-state index contributed by atoms with van der Waals surface area (Å²) in [5.41, 5.74) is 2.19. The van der Waals surface area contributed by atoms with E-state index >= 15 is 0 Å².